The highest BCUT2D eigenvalue weighted by molar-refractivity contribution is 6.35. The molecule has 3 rings (SSSR count). The summed E-state index contributed by atoms with van der Waals surface area (Å²) < 4.78 is 16.0. The lowest BCUT2D eigenvalue weighted by atomic mass is 10.1. The molecule has 0 fully saturated rings. The molecule has 3 aromatic rings. The van der Waals surface area contributed by atoms with Crippen LogP contribution in [0.1, 0.15) is 0 Å². The summed E-state index contributed by atoms with van der Waals surface area (Å²) in [4.78, 5) is 16.2. The number of methoxy groups -OCH3 is 3. The first-order chi connectivity index (χ1) is 12.0. The Bertz CT molecular complexity index is 994. The molecule has 1 N–H and O–H groups in total. The van der Waals surface area contributed by atoms with E-state index in [2.05, 4.69) is 4.98 Å². The zero-order valence-corrected chi connectivity index (χ0v) is 15.3. The van der Waals surface area contributed by atoms with Gasteiger partial charge in [0.2, 0.25) is 5.43 Å². The fourth-order valence-corrected chi connectivity index (χ4v) is 3.24. The number of ether oxygens (including phenoxy) is 3. The molecule has 5 nitrogen and oxygen atoms in total. The molecule has 0 aliphatic rings. The molecule has 0 radical (unpaired) electrons. The fourth-order valence-electron chi connectivity index (χ4n) is 2.72. The molecule has 1 heterocycles. The monoisotopic (exact) mass is 379 g/mol. The Balaban J connectivity index is 2.42. The summed E-state index contributed by atoms with van der Waals surface area (Å²) in [5.41, 5.74) is 1.35. The zero-order chi connectivity index (χ0) is 18.1. The first-order valence-corrected chi connectivity index (χ1v) is 8.06. The van der Waals surface area contributed by atoms with Gasteiger partial charge in [-0.2, -0.15) is 0 Å². The molecule has 0 atom stereocenters. The van der Waals surface area contributed by atoms with Gasteiger partial charge in [0.05, 0.1) is 37.9 Å². The molecule has 0 aliphatic carbocycles. The molecule has 0 amide bonds. The molecule has 0 saturated carbocycles. The third kappa shape index (κ3) is 3.13. The van der Waals surface area contributed by atoms with Crippen molar-refractivity contribution in [1.82, 2.24) is 4.98 Å². The van der Waals surface area contributed by atoms with Gasteiger partial charge >= 0.3 is 0 Å². The van der Waals surface area contributed by atoms with E-state index in [4.69, 9.17) is 37.4 Å². The van der Waals surface area contributed by atoms with Crippen molar-refractivity contribution in [3.05, 3.63) is 50.6 Å². The number of rotatable bonds is 4. The molecule has 0 unspecified atom stereocenters. The van der Waals surface area contributed by atoms with E-state index in [0.717, 1.165) is 0 Å². The lowest BCUT2D eigenvalue weighted by molar-refractivity contribution is 0.396. The van der Waals surface area contributed by atoms with Gasteiger partial charge in [0.1, 0.15) is 11.5 Å². The van der Waals surface area contributed by atoms with E-state index in [1.165, 1.54) is 14.2 Å². The van der Waals surface area contributed by atoms with Gasteiger partial charge in [-0.15, -0.1) is 0 Å². The number of H-pyrrole nitrogens is 1. The van der Waals surface area contributed by atoms with Crippen LogP contribution in [-0.4, -0.2) is 26.3 Å². The summed E-state index contributed by atoms with van der Waals surface area (Å²) in [7, 11) is 4.47. The van der Waals surface area contributed by atoms with E-state index in [1.54, 1.807) is 37.4 Å². The minimum Gasteiger partial charge on any atom is -0.497 e. The third-order valence-corrected chi connectivity index (χ3v) is 4.24. The highest BCUT2D eigenvalue weighted by Crippen LogP contribution is 2.35. The Labute approximate surface area is 154 Å². The van der Waals surface area contributed by atoms with Crippen molar-refractivity contribution in [3.63, 3.8) is 0 Å². The van der Waals surface area contributed by atoms with Gasteiger partial charge in [-0.1, -0.05) is 23.2 Å². The average molecular weight is 380 g/mol. The van der Waals surface area contributed by atoms with Crippen molar-refractivity contribution in [2.75, 3.05) is 21.3 Å². The van der Waals surface area contributed by atoms with Crippen LogP contribution in [0.3, 0.4) is 0 Å². The second-order valence-corrected chi connectivity index (χ2v) is 6.15. The summed E-state index contributed by atoms with van der Waals surface area (Å²) in [6.07, 6.45) is 0. The molecule has 25 heavy (non-hydrogen) atoms. The van der Waals surface area contributed by atoms with Gasteiger partial charge < -0.3 is 19.2 Å². The van der Waals surface area contributed by atoms with Crippen molar-refractivity contribution in [2.45, 2.75) is 0 Å². The summed E-state index contributed by atoms with van der Waals surface area (Å²) in [5, 5.41) is 1.28. The van der Waals surface area contributed by atoms with E-state index in [9.17, 15) is 4.79 Å². The second-order valence-electron chi connectivity index (χ2n) is 5.27. The van der Waals surface area contributed by atoms with Gasteiger partial charge in [0, 0.05) is 27.7 Å². The first kappa shape index (κ1) is 17.5. The Morgan fingerprint density at radius 2 is 1.56 bits per heavy atom. The highest BCUT2D eigenvalue weighted by atomic mass is 35.5. The van der Waals surface area contributed by atoms with Gasteiger partial charge in [-0.05, 0) is 18.2 Å². The van der Waals surface area contributed by atoms with Crippen LogP contribution in [0.5, 0.6) is 17.2 Å². The van der Waals surface area contributed by atoms with Crippen molar-refractivity contribution < 1.29 is 14.2 Å². The molecule has 130 valence electrons. The van der Waals surface area contributed by atoms with Gasteiger partial charge in [0.25, 0.3) is 0 Å². The Morgan fingerprint density at radius 3 is 2.12 bits per heavy atom. The predicted octanol–water partition coefficient (Wildman–Crippen LogP) is 4.53. The summed E-state index contributed by atoms with van der Waals surface area (Å²) in [6, 6.07) is 8.38. The average Bonchev–Trinajstić information content (AvgIpc) is 2.59. The Morgan fingerprint density at radius 1 is 0.880 bits per heavy atom. The number of nitrogens with one attached hydrogen (secondary N) is 1. The SMILES string of the molecule is COc1cc(OC)c2c(=O)c(OC)c(-c3cc(Cl)cc(Cl)c3)[nH]c2c1. The molecule has 0 saturated heterocycles. The summed E-state index contributed by atoms with van der Waals surface area (Å²) in [6.45, 7) is 0. The van der Waals surface area contributed by atoms with E-state index >= 15 is 0 Å². The molecule has 0 spiro atoms. The zero-order valence-electron chi connectivity index (χ0n) is 13.8. The first-order valence-electron chi connectivity index (χ1n) is 7.31. The summed E-state index contributed by atoms with van der Waals surface area (Å²) >= 11 is 12.2. The lowest BCUT2D eigenvalue weighted by Crippen LogP contribution is -2.11. The number of pyridine rings is 1. The van der Waals surface area contributed by atoms with Crippen molar-refractivity contribution in [3.8, 4) is 28.5 Å². The van der Waals surface area contributed by atoms with Crippen LogP contribution in [0.25, 0.3) is 22.2 Å². The molecule has 1 aromatic heterocycles. The third-order valence-electron chi connectivity index (χ3n) is 3.81. The van der Waals surface area contributed by atoms with Crippen LogP contribution in [-0.2, 0) is 0 Å². The fraction of sp³-hybridized carbons (Fsp3) is 0.167. The van der Waals surface area contributed by atoms with Gasteiger partial charge in [-0.3, -0.25) is 4.79 Å². The van der Waals surface area contributed by atoms with Crippen LogP contribution in [0.15, 0.2) is 35.1 Å². The van der Waals surface area contributed by atoms with Crippen molar-refractivity contribution in [1.29, 1.82) is 0 Å². The van der Waals surface area contributed by atoms with Crippen LogP contribution < -0.4 is 19.6 Å². The van der Waals surface area contributed by atoms with Gasteiger partial charge in [-0.25, -0.2) is 0 Å². The quantitative estimate of drug-likeness (QED) is 0.723. The number of hydrogen-bond acceptors (Lipinski definition) is 4. The summed E-state index contributed by atoms with van der Waals surface area (Å²) in [5.74, 6) is 1.10. The second kappa shape index (κ2) is 6.86. The van der Waals surface area contributed by atoms with Crippen LogP contribution in [0.2, 0.25) is 10.0 Å². The molecular weight excluding hydrogens is 365 g/mol. The Kier molecular flexibility index (Phi) is 4.79. The normalized spacial score (nSPS) is 10.8. The van der Waals surface area contributed by atoms with Crippen molar-refractivity contribution in [2.24, 2.45) is 0 Å². The highest BCUT2D eigenvalue weighted by Gasteiger charge is 2.19. The van der Waals surface area contributed by atoms with Crippen molar-refractivity contribution >= 4 is 34.1 Å². The molecule has 0 aliphatic heterocycles. The number of aromatic amines is 1. The number of halogens is 2. The maximum absolute atomic E-state index is 13.0. The number of aromatic nitrogens is 1. The topological polar surface area (TPSA) is 60.6 Å². The maximum Gasteiger partial charge on any atom is 0.235 e. The molecule has 2 aromatic carbocycles. The smallest absolute Gasteiger partial charge is 0.235 e. The van der Waals surface area contributed by atoms with Gasteiger partial charge in [0.15, 0.2) is 5.75 Å². The molecule has 0 bridgehead atoms. The lowest BCUT2D eigenvalue weighted by Gasteiger charge is -2.14. The number of benzene rings is 2. The number of fused-ring (bicyclic) bond motifs is 1. The minimum atomic E-state index is -0.304. The molecular formula is C18H15Cl2NO4. The van der Waals surface area contributed by atoms with E-state index in [1.807, 2.05) is 0 Å². The standard InChI is InChI=1S/C18H15Cl2NO4/c1-23-12-7-13-15(14(8-12)24-2)17(22)18(25-3)16(21-13)9-4-10(19)6-11(20)5-9/h4-8H,1-3H3,(H,21,22). The number of hydrogen-bond donors (Lipinski definition) is 1. The minimum absolute atomic E-state index is 0.148. The Hall–Kier alpha value is -2.37. The van der Waals surface area contributed by atoms with E-state index in [-0.39, 0.29) is 11.2 Å². The largest absolute Gasteiger partial charge is 0.497 e. The maximum atomic E-state index is 13.0. The van der Waals surface area contributed by atoms with Crippen LogP contribution in [0.4, 0.5) is 0 Å². The van der Waals surface area contributed by atoms with E-state index in [0.29, 0.717) is 43.7 Å². The van der Waals surface area contributed by atoms with Crippen LogP contribution in [0, 0.1) is 0 Å². The van der Waals surface area contributed by atoms with Crippen LogP contribution >= 0.6 is 23.2 Å². The molecule has 7 heteroatoms. The van der Waals surface area contributed by atoms with E-state index < -0.39 is 0 Å². The predicted molar refractivity (Wildman–Crippen MR) is 99.7 cm³/mol.